The summed E-state index contributed by atoms with van der Waals surface area (Å²) in [4.78, 5) is 15.8. The Hall–Kier alpha value is -1.56. The van der Waals surface area contributed by atoms with Crippen LogP contribution < -0.4 is 11.0 Å². The fourth-order valence-corrected chi connectivity index (χ4v) is 2.24. The van der Waals surface area contributed by atoms with Gasteiger partial charge in [0.25, 0.3) is 0 Å². The molecule has 2 rings (SSSR count). The van der Waals surface area contributed by atoms with Gasteiger partial charge in [-0.25, -0.2) is 19.3 Å². The van der Waals surface area contributed by atoms with Gasteiger partial charge in [-0.15, -0.1) is 11.6 Å². The molecule has 2 atom stereocenters. The Morgan fingerprint density at radius 2 is 2.28 bits per heavy atom. The molecule has 0 aromatic carbocycles. The number of aromatic nitrogens is 4. The van der Waals surface area contributed by atoms with Crippen LogP contribution >= 0.6 is 11.6 Å². The van der Waals surface area contributed by atoms with Gasteiger partial charge in [0, 0.05) is 17.5 Å². The van der Waals surface area contributed by atoms with Crippen molar-refractivity contribution in [3.8, 4) is 0 Å². The van der Waals surface area contributed by atoms with Gasteiger partial charge in [0.1, 0.15) is 11.6 Å². The minimum atomic E-state index is -0.274. The van der Waals surface area contributed by atoms with E-state index >= 15 is 0 Å². The smallest absolute Gasteiger partial charge is 0.349 e. The number of rotatable bonds is 4. The second kappa shape index (κ2) is 4.97. The standard InChI is InChI=1S/C11H16ClN5O/c1-6(12)4-7(2)13-9-5-10-15-16-11(18)17(10)8(3)14-9/h5-7,13H,4H2,1-3H3,(H,16,18). The Balaban J connectivity index is 2.27. The Kier molecular flexibility index (Phi) is 3.56. The first-order chi connectivity index (χ1) is 8.47. The van der Waals surface area contributed by atoms with Crippen molar-refractivity contribution in [2.75, 3.05) is 5.32 Å². The normalized spacial score (nSPS) is 14.7. The van der Waals surface area contributed by atoms with E-state index in [9.17, 15) is 4.79 Å². The summed E-state index contributed by atoms with van der Waals surface area (Å²) in [6.07, 6.45) is 0.834. The Morgan fingerprint density at radius 3 is 2.94 bits per heavy atom. The third kappa shape index (κ3) is 2.64. The maximum atomic E-state index is 11.4. The van der Waals surface area contributed by atoms with E-state index in [0.717, 1.165) is 6.42 Å². The highest BCUT2D eigenvalue weighted by Crippen LogP contribution is 2.12. The van der Waals surface area contributed by atoms with Crippen LogP contribution in [0.4, 0.5) is 5.82 Å². The highest BCUT2D eigenvalue weighted by Gasteiger charge is 2.10. The summed E-state index contributed by atoms with van der Waals surface area (Å²) in [5.41, 5.74) is 0.283. The molecule has 0 saturated carbocycles. The summed E-state index contributed by atoms with van der Waals surface area (Å²) in [7, 11) is 0. The number of aryl methyl sites for hydroxylation is 1. The van der Waals surface area contributed by atoms with Gasteiger partial charge < -0.3 is 5.32 Å². The molecule has 18 heavy (non-hydrogen) atoms. The molecule has 2 heterocycles. The molecule has 0 amide bonds. The molecule has 2 unspecified atom stereocenters. The monoisotopic (exact) mass is 269 g/mol. The molecule has 0 aliphatic rings. The third-order valence-corrected chi connectivity index (χ3v) is 2.82. The van der Waals surface area contributed by atoms with Crippen LogP contribution in [-0.4, -0.2) is 31.0 Å². The number of nitrogens with one attached hydrogen (secondary N) is 2. The van der Waals surface area contributed by atoms with Gasteiger partial charge >= 0.3 is 5.69 Å². The van der Waals surface area contributed by atoms with E-state index in [1.807, 2.05) is 13.8 Å². The summed E-state index contributed by atoms with van der Waals surface area (Å²) < 4.78 is 1.43. The van der Waals surface area contributed by atoms with Crippen molar-refractivity contribution in [2.45, 2.75) is 38.6 Å². The minimum absolute atomic E-state index is 0.102. The molecule has 0 spiro atoms. The van der Waals surface area contributed by atoms with E-state index in [1.54, 1.807) is 13.0 Å². The summed E-state index contributed by atoms with van der Waals surface area (Å²) in [6.45, 7) is 5.76. The van der Waals surface area contributed by atoms with Crippen LogP contribution in [0.1, 0.15) is 26.1 Å². The molecular weight excluding hydrogens is 254 g/mol. The average Bonchev–Trinajstić information content (AvgIpc) is 2.58. The lowest BCUT2D eigenvalue weighted by molar-refractivity contribution is 0.692. The third-order valence-electron chi connectivity index (χ3n) is 2.64. The maximum Gasteiger partial charge on any atom is 0.349 e. The van der Waals surface area contributed by atoms with Crippen LogP contribution in [0.25, 0.3) is 5.65 Å². The fraction of sp³-hybridized carbons (Fsp3) is 0.545. The van der Waals surface area contributed by atoms with Crippen LogP contribution in [-0.2, 0) is 0 Å². The molecule has 2 aromatic rings. The molecule has 0 aliphatic carbocycles. The zero-order valence-electron chi connectivity index (χ0n) is 10.6. The molecule has 2 aromatic heterocycles. The molecule has 0 bridgehead atoms. The van der Waals surface area contributed by atoms with Crippen LogP contribution in [0, 0.1) is 6.92 Å². The van der Waals surface area contributed by atoms with Crippen molar-refractivity contribution in [1.82, 2.24) is 19.6 Å². The van der Waals surface area contributed by atoms with Gasteiger partial charge in [0.05, 0.1) is 0 Å². The minimum Gasteiger partial charge on any atom is -0.367 e. The van der Waals surface area contributed by atoms with E-state index in [0.29, 0.717) is 17.3 Å². The summed E-state index contributed by atoms with van der Waals surface area (Å²) in [5.74, 6) is 1.30. The number of aromatic amines is 1. The number of anilines is 1. The second-order valence-electron chi connectivity index (χ2n) is 4.47. The van der Waals surface area contributed by atoms with Crippen molar-refractivity contribution in [3.05, 3.63) is 22.4 Å². The van der Waals surface area contributed by atoms with Crippen molar-refractivity contribution < 1.29 is 0 Å². The lowest BCUT2D eigenvalue weighted by atomic mass is 10.2. The highest BCUT2D eigenvalue weighted by molar-refractivity contribution is 6.20. The second-order valence-corrected chi connectivity index (χ2v) is 5.22. The van der Waals surface area contributed by atoms with Crippen LogP contribution in [0.2, 0.25) is 0 Å². The summed E-state index contributed by atoms with van der Waals surface area (Å²) in [5, 5.41) is 9.68. The van der Waals surface area contributed by atoms with Gasteiger partial charge in [-0.1, -0.05) is 0 Å². The lowest BCUT2D eigenvalue weighted by Gasteiger charge is -2.15. The Labute approximate surface area is 109 Å². The van der Waals surface area contributed by atoms with Crippen molar-refractivity contribution in [1.29, 1.82) is 0 Å². The number of alkyl halides is 1. The maximum absolute atomic E-state index is 11.4. The predicted octanol–water partition coefficient (Wildman–Crippen LogP) is 1.54. The molecule has 98 valence electrons. The number of nitrogens with zero attached hydrogens (tertiary/aromatic N) is 3. The van der Waals surface area contributed by atoms with E-state index in [1.165, 1.54) is 4.40 Å². The van der Waals surface area contributed by atoms with E-state index in [2.05, 4.69) is 20.5 Å². The zero-order chi connectivity index (χ0) is 13.3. The van der Waals surface area contributed by atoms with Gasteiger partial charge in [0.2, 0.25) is 0 Å². The van der Waals surface area contributed by atoms with Crippen molar-refractivity contribution in [3.63, 3.8) is 0 Å². The fourth-order valence-electron chi connectivity index (χ4n) is 1.97. The van der Waals surface area contributed by atoms with Crippen molar-refractivity contribution >= 4 is 23.1 Å². The molecule has 0 radical (unpaired) electrons. The number of hydrogen-bond donors (Lipinski definition) is 2. The first kappa shape index (κ1) is 12.9. The van der Waals surface area contributed by atoms with Gasteiger partial charge in [-0.2, -0.15) is 5.10 Å². The predicted molar refractivity (Wildman–Crippen MR) is 71.4 cm³/mol. The van der Waals surface area contributed by atoms with E-state index in [-0.39, 0.29) is 17.1 Å². The average molecular weight is 270 g/mol. The van der Waals surface area contributed by atoms with Crippen molar-refractivity contribution in [2.24, 2.45) is 0 Å². The van der Waals surface area contributed by atoms with Gasteiger partial charge in [-0.05, 0) is 27.2 Å². The largest absolute Gasteiger partial charge is 0.367 e. The van der Waals surface area contributed by atoms with Crippen LogP contribution in [0.5, 0.6) is 0 Å². The Morgan fingerprint density at radius 1 is 1.56 bits per heavy atom. The SMILES string of the molecule is Cc1nc(NC(C)CC(C)Cl)cc2n[nH]c(=O)n12. The first-order valence-corrected chi connectivity index (χ1v) is 6.26. The molecule has 0 fully saturated rings. The van der Waals surface area contributed by atoms with E-state index in [4.69, 9.17) is 11.6 Å². The summed E-state index contributed by atoms with van der Waals surface area (Å²) in [6, 6.07) is 1.94. The first-order valence-electron chi connectivity index (χ1n) is 5.82. The molecule has 0 saturated heterocycles. The van der Waals surface area contributed by atoms with E-state index < -0.39 is 0 Å². The molecular formula is C11H16ClN5O. The highest BCUT2D eigenvalue weighted by atomic mass is 35.5. The number of fused-ring (bicyclic) bond motifs is 1. The lowest BCUT2D eigenvalue weighted by Crippen LogP contribution is -2.20. The van der Waals surface area contributed by atoms with Crippen LogP contribution in [0.3, 0.4) is 0 Å². The topological polar surface area (TPSA) is 75.1 Å². The molecule has 7 heteroatoms. The quantitative estimate of drug-likeness (QED) is 0.826. The van der Waals surface area contributed by atoms with Crippen LogP contribution in [0.15, 0.2) is 10.9 Å². The Bertz CT molecular complexity index is 603. The van der Waals surface area contributed by atoms with Gasteiger partial charge in [0.15, 0.2) is 5.65 Å². The number of H-pyrrole nitrogens is 1. The number of halogens is 1. The summed E-state index contributed by atoms with van der Waals surface area (Å²) >= 11 is 5.95. The number of hydrogen-bond acceptors (Lipinski definition) is 4. The zero-order valence-corrected chi connectivity index (χ0v) is 11.3. The molecule has 0 aliphatic heterocycles. The van der Waals surface area contributed by atoms with Gasteiger partial charge in [-0.3, -0.25) is 0 Å². The molecule has 6 nitrogen and oxygen atoms in total. The molecule has 2 N–H and O–H groups in total.